The number of benzene rings is 3. The molecule has 3 aromatic rings. The second kappa shape index (κ2) is 8.73. The SMILES string of the molecule is O=C(Nc1cccc(C(F)(F)F)c1)[C@@H]1[C@@H]2C(=O)N(c3cccc(Cl)c3)C(=O)[C@@H]2[C@H]2c3ccccc3C=CN12. The topological polar surface area (TPSA) is 69.7 Å². The Hall–Kier alpha value is -4.11. The monoisotopic (exact) mass is 537 g/mol. The molecule has 2 fully saturated rings. The number of amides is 3. The van der Waals surface area contributed by atoms with Crippen molar-refractivity contribution in [3.63, 3.8) is 0 Å². The lowest BCUT2D eigenvalue weighted by atomic mass is 9.84. The average molecular weight is 538 g/mol. The van der Waals surface area contributed by atoms with Crippen LogP contribution in [0.25, 0.3) is 6.08 Å². The predicted molar refractivity (Wildman–Crippen MR) is 135 cm³/mol. The van der Waals surface area contributed by atoms with Crippen molar-refractivity contribution in [1.29, 1.82) is 0 Å². The van der Waals surface area contributed by atoms with Gasteiger partial charge in [0.2, 0.25) is 17.7 Å². The lowest BCUT2D eigenvalue weighted by Crippen LogP contribution is -2.46. The van der Waals surface area contributed by atoms with Gasteiger partial charge in [0.1, 0.15) is 6.04 Å². The fraction of sp³-hybridized carbons (Fsp3) is 0.179. The van der Waals surface area contributed by atoms with Crippen LogP contribution in [0.4, 0.5) is 24.5 Å². The molecule has 6 nitrogen and oxygen atoms in total. The summed E-state index contributed by atoms with van der Waals surface area (Å²) in [7, 11) is 0. The highest BCUT2D eigenvalue weighted by molar-refractivity contribution is 6.31. The zero-order chi connectivity index (χ0) is 26.8. The van der Waals surface area contributed by atoms with Gasteiger partial charge in [-0.1, -0.05) is 48.0 Å². The Morgan fingerprint density at radius 1 is 0.895 bits per heavy atom. The second-order valence-electron chi connectivity index (χ2n) is 9.39. The molecule has 192 valence electrons. The van der Waals surface area contributed by atoms with Crippen LogP contribution in [-0.2, 0) is 20.6 Å². The van der Waals surface area contributed by atoms with E-state index in [1.54, 1.807) is 35.4 Å². The molecule has 3 aliphatic rings. The first-order valence-electron chi connectivity index (χ1n) is 11.8. The van der Waals surface area contributed by atoms with E-state index < -0.39 is 53.4 Å². The highest BCUT2D eigenvalue weighted by Crippen LogP contribution is 2.53. The lowest BCUT2D eigenvalue weighted by Gasteiger charge is -2.35. The quantitative estimate of drug-likeness (QED) is 0.447. The number of alkyl halides is 3. The van der Waals surface area contributed by atoms with Gasteiger partial charge in [-0.15, -0.1) is 0 Å². The number of imide groups is 1. The van der Waals surface area contributed by atoms with Crippen molar-refractivity contribution in [2.24, 2.45) is 11.8 Å². The number of nitrogens with one attached hydrogen (secondary N) is 1. The Labute approximate surface area is 220 Å². The van der Waals surface area contributed by atoms with Crippen molar-refractivity contribution in [1.82, 2.24) is 4.90 Å². The number of hydrogen-bond acceptors (Lipinski definition) is 4. The molecule has 0 saturated carbocycles. The standard InChI is InChI=1S/C28H19ClF3N3O3/c29-17-7-4-9-19(14-17)35-26(37)21-22(27(35)38)24(34-12-11-15-5-1-2-10-20(15)23(21)34)25(36)33-18-8-3-6-16(13-18)28(30,31)32/h1-14,21-24H,(H,33,36)/t21-,22+,23+,24-/m0/s1. The van der Waals surface area contributed by atoms with Crippen molar-refractivity contribution in [2.45, 2.75) is 18.3 Å². The largest absolute Gasteiger partial charge is 0.416 e. The van der Waals surface area contributed by atoms with Gasteiger partial charge in [0.05, 0.1) is 29.1 Å². The van der Waals surface area contributed by atoms with Gasteiger partial charge in [-0.25, -0.2) is 4.90 Å². The third kappa shape index (κ3) is 3.77. The normalized spacial score (nSPS) is 23.8. The van der Waals surface area contributed by atoms with E-state index in [-0.39, 0.29) is 5.69 Å². The van der Waals surface area contributed by atoms with Crippen LogP contribution in [0, 0.1) is 11.8 Å². The lowest BCUT2D eigenvalue weighted by molar-refractivity contribution is -0.137. The van der Waals surface area contributed by atoms with Crippen LogP contribution >= 0.6 is 11.6 Å². The molecule has 3 aromatic carbocycles. The Morgan fingerprint density at radius 2 is 1.63 bits per heavy atom. The first-order chi connectivity index (χ1) is 18.1. The maximum Gasteiger partial charge on any atom is 0.416 e. The third-order valence-electron chi connectivity index (χ3n) is 7.25. The van der Waals surface area contributed by atoms with Crippen molar-refractivity contribution in [3.05, 3.63) is 101 Å². The molecule has 0 bridgehead atoms. The summed E-state index contributed by atoms with van der Waals surface area (Å²) >= 11 is 6.12. The van der Waals surface area contributed by atoms with Gasteiger partial charge in [0, 0.05) is 16.9 Å². The van der Waals surface area contributed by atoms with Gasteiger partial charge in [-0.2, -0.15) is 13.2 Å². The molecule has 10 heteroatoms. The molecule has 1 N–H and O–H groups in total. The van der Waals surface area contributed by atoms with Crippen molar-refractivity contribution >= 4 is 46.8 Å². The molecule has 0 aromatic heterocycles. The molecule has 0 aliphatic carbocycles. The summed E-state index contributed by atoms with van der Waals surface area (Å²) in [5.41, 5.74) is 0.963. The van der Waals surface area contributed by atoms with E-state index >= 15 is 0 Å². The number of rotatable bonds is 3. The maximum atomic E-state index is 13.8. The molecule has 3 amide bonds. The Balaban J connectivity index is 1.42. The van der Waals surface area contributed by atoms with Gasteiger partial charge in [-0.3, -0.25) is 14.4 Å². The van der Waals surface area contributed by atoms with Crippen LogP contribution in [-0.4, -0.2) is 28.7 Å². The molecule has 0 unspecified atom stereocenters. The molecule has 0 radical (unpaired) electrons. The molecular formula is C28H19ClF3N3O3. The number of halogens is 4. The summed E-state index contributed by atoms with van der Waals surface area (Å²) in [5, 5.41) is 2.89. The third-order valence-corrected chi connectivity index (χ3v) is 7.49. The van der Waals surface area contributed by atoms with Gasteiger partial charge < -0.3 is 10.2 Å². The highest BCUT2D eigenvalue weighted by atomic mass is 35.5. The predicted octanol–water partition coefficient (Wildman–Crippen LogP) is 5.51. The molecule has 2 saturated heterocycles. The molecule has 3 aliphatic heterocycles. The van der Waals surface area contributed by atoms with Gasteiger partial charge in [-0.05, 0) is 53.6 Å². The number of anilines is 2. The number of carbonyl (C=O) groups excluding carboxylic acids is 3. The summed E-state index contributed by atoms with van der Waals surface area (Å²) in [4.78, 5) is 44.0. The van der Waals surface area contributed by atoms with E-state index in [4.69, 9.17) is 11.6 Å². The molecule has 0 spiro atoms. The summed E-state index contributed by atoms with van der Waals surface area (Å²) in [6.07, 6.45) is -1.12. The van der Waals surface area contributed by atoms with Crippen LogP contribution in [0.1, 0.15) is 22.7 Å². The molecule has 38 heavy (non-hydrogen) atoms. The van der Waals surface area contributed by atoms with Crippen molar-refractivity contribution in [2.75, 3.05) is 10.2 Å². The van der Waals surface area contributed by atoms with Crippen LogP contribution in [0.15, 0.2) is 79.0 Å². The molecule has 4 atom stereocenters. The summed E-state index contributed by atoms with van der Waals surface area (Å²) in [6.45, 7) is 0. The Bertz CT molecular complexity index is 1520. The Morgan fingerprint density at radius 3 is 2.39 bits per heavy atom. The average Bonchev–Trinajstić information content (AvgIpc) is 3.36. The summed E-state index contributed by atoms with van der Waals surface area (Å²) in [6, 6.07) is 16.3. The summed E-state index contributed by atoms with van der Waals surface area (Å²) in [5.74, 6) is -3.65. The Kier molecular flexibility index (Phi) is 5.57. The molecule has 3 heterocycles. The highest BCUT2D eigenvalue weighted by Gasteiger charge is 2.64. The minimum atomic E-state index is -4.59. The van der Waals surface area contributed by atoms with E-state index in [1.165, 1.54) is 18.2 Å². The van der Waals surface area contributed by atoms with E-state index in [0.717, 1.165) is 28.2 Å². The molecular weight excluding hydrogens is 519 g/mol. The minimum Gasteiger partial charge on any atom is -0.357 e. The second-order valence-corrected chi connectivity index (χ2v) is 9.83. The zero-order valence-corrected chi connectivity index (χ0v) is 20.3. The van der Waals surface area contributed by atoms with E-state index in [9.17, 15) is 27.6 Å². The smallest absolute Gasteiger partial charge is 0.357 e. The van der Waals surface area contributed by atoms with Gasteiger partial charge in [0.15, 0.2) is 0 Å². The minimum absolute atomic E-state index is 0.0605. The van der Waals surface area contributed by atoms with Crippen molar-refractivity contribution in [3.8, 4) is 0 Å². The van der Waals surface area contributed by atoms with Crippen LogP contribution in [0.3, 0.4) is 0 Å². The van der Waals surface area contributed by atoms with Crippen molar-refractivity contribution < 1.29 is 27.6 Å². The number of fused-ring (bicyclic) bond motifs is 5. The maximum absolute atomic E-state index is 13.8. The van der Waals surface area contributed by atoms with E-state index in [0.29, 0.717) is 10.7 Å². The zero-order valence-electron chi connectivity index (χ0n) is 19.5. The summed E-state index contributed by atoms with van der Waals surface area (Å²) < 4.78 is 39.7. The fourth-order valence-electron chi connectivity index (χ4n) is 5.72. The number of carbonyl (C=O) groups is 3. The van der Waals surface area contributed by atoms with Gasteiger partial charge in [0.25, 0.3) is 0 Å². The number of nitrogens with zero attached hydrogens (tertiary/aromatic N) is 2. The van der Waals surface area contributed by atoms with Crippen LogP contribution in [0.5, 0.6) is 0 Å². The number of hydrogen-bond donors (Lipinski definition) is 1. The van der Waals surface area contributed by atoms with Crippen LogP contribution < -0.4 is 10.2 Å². The first-order valence-corrected chi connectivity index (χ1v) is 12.2. The fourth-order valence-corrected chi connectivity index (χ4v) is 5.90. The van der Waals surface area contributed by atoms with Gasteiger partial charge >= 0.3 is 6.18 Å². The van der Waals surface area contributed by atoms with E-state index in [1.807, 2.05) is 24.3 Å². The van der Waals surface area contributed by atoms with Crippen LogP contribution in [0.2, 0.25) is 5.02 Å². The first kappa shape index (κ1) is 24.2. The van der Waals surface area contributed by atoms with E-state index in [2.05, 4.69) is 5.32 Å². The molecule has 6 rings (SSSR count).